The summed E-state index contributed by atoms with van der Waals surface area (Å²) in [5, 5.41) is 3.16. The average molecular weight is 276 g/mol. The smallest absolute Gasteiger partial charge is 0.228 e. The molecule has 3 nitrogen and oxygen atoms in total. The predicted octanol–water partition coefficient (Wildman–Crippen LogP) is 3.06. The molecule has 0 fully saturated rings. The zero-order valence-corrected chi connectivity index (χ0v) is 12.9. The molecular formula is C17H28N2O. The third-order valence-corrected chi connectivity index (χ3v) is 4.01. The van der Waals surface area contributed by atoms with Crippen molar-refractivity contribution in [1.82, 2.24) is 5.32 Å². The third-order valence-electron chi connectivity index (χ3n) is 4.01. The molecule has 20 heavy (non-hydrogen) atoms. The lowest BCUT2D eigenvalue weighted by Crippen LogP contribution is -2.40. The molecule has 0 spiro atoms. The van der Waals surface area contributed by atoms with Crippen LogP contribution in [0.15, 0.2) is 30.3 Å². The summed E-state index contributed by atoms with van der Waals surface area (Å²) in [6.45, 7) is 6.96. The molecule has 3 heteroatoms. The summed E-state index contributed by atoms with van der Waals surface area (Å²) in [6, 6.07) is 10.2. The monoisotopic (exact) mass is 276 g/mol. The molecule has 0 aliphatic rings. The number of nitrogens with two attached hydrogens (primary N) is 1. The lowest BCUT2D eigenvalue weighted by molar-refractivity contribution is -0.124. The van der Waals surface area contributed by atoms with Crippen LogP contribution in [0.3, 0.4) is 0 Å². The van der Waals surface area contributed by atoms with Crippen LogP contribution in [0.1, 0.15) is 51.5 Å². The van der Waals surface area contributed by atoms with Crippen molar-refractivity contribution in [2.24, 2.45) is 11.7 Å². The number of carbonyl (C=O) groups excluding carboxylic acids is 1. The zero-order chi connectivity index (χ0) is 15.0. The fraction of sp³-hybridized carbons (Fsp3) is 0.588. The Kier molecular flexibility index (Phi) is 7.31. The van der Waals surface area contributed by atoms with Gasteiger partial charge < -0.3 is 11.1 Å². The minimum absolute atomic E-state index is 0.0759. The van der Waals surface area contributed by atoms with E-state index in [0.717, 1.165) is 24.8 Å². The van der Waals surface area contributed by atoms with Crippen molar-refractivity contribution in [3.8, 4) is 0 Å². The Balaban J connectivity index is 2.86. The second kappa shape index (κ2) is 8.75. The first-order valence-electron chi connectivity index (χ1n) is 7.69. The molecular weight excluding hydrogens is 248 g/mol. The van der Waals surface area contributed by atoms with Gasteiger partial charge in [-0.15, -0.1) is 0 Å². The highest BCUT2D eigenvalue weighted by Crippen LogP contribution is 2.27. The Bertz CT molecular complexity index is 391. The molecule has 0 aromatic heterocycles. The normalized spacial score (nSPS) is 15.4. The van der Waals surface area contributed by atoms with E-state index >= 15 is 0 Å². The fourth-order valence-corrected chi connectivity index (χ4v) is 2.50. The molecule has 0 saturated carbocycles. The maximum atomic E-state index is 12.6. The quantitative estimate of drug-likeness (QED) is 0.766. The van der Waals surface area contributed by atoms with Crippen LogP contribution in [-0.4, -0.2) is 18.5 Å². The van der Waals surface area contributed by atoms with Gasteiger partial charge in [-0.1, -0.05) is 57.5 Å². The highest BCUT2D eigenvalue weighted by Gasteiger charge is 2.26. The number of carbonyl (C=O) groups is 1. The van der Waals surface area contributed by atoms with E-state index in [9.17, 15) is 4.79 Å². The van der Waals surface area contributed by atoms with Gasteiger partial charge in [0.05, 0.1) is 5.92 Å². The molecule has 3 N–H and O–H groups in total. The van der Waals surface area contributed by atoms with E-state index in [1.807, 2.05) is 30.3 Å². The molecule has 112 valence electrons. The van der Waals surface area contributed by atoms with E-state index in [1.54, 1.807) is 0 Å². The largest absolute Gasteiger partial charge is 0.353 e. The third kappa shape index (κ3) is 4.64. The first-order valence-corrected chi connectivity index (χ1v) is 7.69. The van der Waals surface area contributed by atoms with Gasteiger partial charge in [-0.3, -0.25) is 4.79 Å². The van der Waals surface area contributed by atoms with Gasteiger partial charge in [0.25, 0.3) is 0 Å². The van der Waals surface area contributed by atoms with E-state index in [0.29, 0.717) is 12.5 Å². The minimum atomic E-state index is -0.0759. The minimum Gasteiger partial charge on any atom is -0.353 e. The SMILES string of the molecule is CCC(CCN)NC(=O)C(c1ccccc1)C(C)CC. The molecule has 3 atom stereocenters. The van der Waals surface area contributed by atoms with Crippen LogP contribution in [0.2, 0.25) is 0 Å². The lowest BCUT2D eigenvalue weighted by atomic mass is 9.84. The van der Waals surface area contributed by atoms with E-state index in [-0.39, 0.29) is 17.9 Å². The van der Waals surface area contributed by atoms with Crippen molar-refractivity contribution in [2.75, 3.05) is 6.54 Å². The van der Waals surface area contributed by atoms with Crippen LogP contribution in [0.4, 0.5) is 0 Å². The summed E-state index contributed by atoms with van der Waals surface area (Å²) in [5.74, 6) is 0.381. The van der Waals surface area contributed by atoms with Gasteiger partial charge in [0, 0.05) is 6.04 Å². The van der Waals surface area contributed by atoms with Crippen molar-refractivity contribution in [1.29, 1.82) is 0 Å². The molecule has 1 aromatic carbocycles. The highest BCUT2D eigenvalue weighted by atomic mass is 16.1. The summed E-state index contributed by atoms with van der Waals surface area (Å²) >= 11 is 0. The van der Waals surface area contributed by atoms with Gasteiger partial charge in [0.2, 0.25) is 5.91 Å². The fourth-order valence-electron chi connectivity index (χ4n) is 2.50. The molecule has 0 bridgehead atoms. The molecule has 1 amide bonds. The Hall–Kier alpha value is -1.35. The van der Waals surface area contributed by atoms with Gasteiger partial charge in [0.15, 0.2) is 0 Å². The van der Waals surface area contributed by atoms with Crippen molar-refractivity contribution in [3.63, 3.8) is 0 Å². The van der Waals surface area contributed by atoms with Gasteiger partial charge in [0.1, 0.15) is 0 Å². The first kappa shape index (κ1) is 16.7. The van der Waals surface area contributed by atoms with Crippen LogP contribution < -0.4 is 11.1 Å². The molecule has 0 heterocycles. The van der Waals surface area contributed by atoms with E-state index in [2.05, 4.69) is 26.1 Å². The Morgan fingerprint density at radius 1 is 1.20 bits per heavy atom. The van der Waals surface area contributed by atoms with Crippen molar-refractivity contribution in [2.45, 2.75) is 52.0 Å². The number of nitrogens with one attached hydrogen (secondary N) is 1. The number of hydrogen-bond acceptors (Lipinski definition) is 2. The molecule has 0 radical (unpaired) electrons. The van der Waals surface area contributed by atoms with Crippen LogP contribution in [0.25, 0.3) is 0 Å². The van der Waals surface area contributed by atoms with Crippen LogP contribution in [0, 0.1) is 5.92 Å². The second-order valence-electron chi connectivity index (χ2n) is 5.46. The summed E-state index contributed by atoms with van der Waals surface area (Å²) in [7, 11) is 0. The maximum absolute atomic E-state index is 12.6. The highest BCUT2D eigenvalue weighted by molar-refractivity contribution is 5.84. The Morgan fingerprint density at radius 2 is 1.85 bits per heavy atom. The van der Waals surface area contributed by atoms with Crippen LogP contribution >= 0.6 is 0 Å². The van der Waals surface area contributed by atoms with Gasteiger partial charge in [-0.05, 0) is 30.9 Å². The van der Waals surface area contributed by atoms with Gasteiger partial charge in [-0.25, -0.2) is 0 Å². The zero-order valence-electron chi connectivity index (χ0n) is 12.9. The molecule has 0 aliphatic carbocycles. The summed E-state index contributed by atoms with van der Waals surface area (Å²) < 4.78 is 0. The number of amides is 1. The predicted molar refractivity (Wildman–Crippen MR) is 84.5 cm³/mol. The number of benzene rings is 1. The summed E-state index contributed by atoms with van der Waals surface area (Å²) in [5.41, 5.74) is 6.70. The molecule has 1 rings (SSSR count). The standard InChI is InChI=1S/C17H28N2O/c1-4-13(3)16(14-9-7-6-8-10-14)17(20)19-15(5-2)11-12-18/h6-10,13,15-16H,4-5,11-12,18H2,1-3H3,(H,19,20). The van der Waals surface area contributed by atoms with Crippen LogP contribution in [0.5, 0.6) is 0 Å². The van der Waals surface area contributed by atoms with Gasteiger partial charge >= 0.3 is 0 Å². The topological polar surface area (TPSA) is 55.1 Å². The molecule has 0 aliphatic heterocycles. The van der Waals surface area contributed by atoms with Crippen molar-refractivity contribution < 1.29 is 4.79 Å². The maximum Gasteiger partial charge on any atom is 0.228 e. The first-order chi connectivity index (χ1) is 9.63. The molecule has 0 saturated heterocycles. The molecule has 1 aromatic rings. The van der Waals surface area contributed by atoms with Gasteiger partial charge in [-0.2, -0.15) is 0 Å². The van der Waals surface area contributed by atoms with Crippen molar-refractivity contribution >= 4 is 5.91 Å². The summed E-state index contributed by atoms with van der Waals surface area (Å²) in [6.07, 6.45) is 2.75. The summed E-state index contributed by atoms with van der Waals surface area (Å²) in [4.78, 5) is 12.6. The van der Waals surface area contributed by atoms with E-state index in [4.69, 9.17) is 5.73 Å². The second-order valence-corrected chi connectivity index (χ2v) is 5.46. The number of rotatable bonds is 8. The van der Waals surface area contributed by atoms with Crippen LogP contribution in [-0.2, 0) is 4.79 Å². The Morgan fingerprint density at radius 3 is 2.35 bits per heavy atom. The average Bonchev–Trinajstić information content (AvgIpc) is 2.47. The number of hydrogen-bond donors (Lipinski definition) is 2. The Labute approximate surface area is 122 Å². The van der Waals surface area contributed by atoms with E-state index < -0.39 is 0 Å². The lowest BCUT2D eigenvalue weighted by Gasteiger charge is -2.25. The van der Waals surface area contributed by atoms with E-state index in [1.165, 1.54) is 0 Å². The molecule has 3 unspecified atom stereocenters. The van der Waals surface area contributed by atoms with Crippen molar-refractivity contribution in [3.05, 3.63) is 35.9 Å².